The van der Waals surface area contributed by atoms with E-state index in [1.807, 2.05) is 18.7 Å². The Morgan fingerprint density at radius 1 is 1.37 bits per heavy atom. The molecule has 1 aliphatic heterocycles. The van der Waals surface area contributed by atoms with Gasteiger partial charge in [0.1, 0.15) is 0 Å². The maximum Gasteiger partial charge on any atom is 0.312 e. The van der Waals surface area contributed by atoms with Crippen LogP contribution in [0.25, 0.3) is 0 Å². The lowest BCUT2D eigenvalue weighted by Gasteiger charge is -2.38. The molecule has 0 spiro atoms. The quantitative estimate of drug-likeness (QED) is 0.701. The predicted octanol–water partition coefficient (Wildman–Crippen LogP) is 0.441. The van der Waals surface area contributed by atoms with Crippen LogP contribution in [0.4, 0.5) is 4.79 Å². The van der Waals surface area contributed by atoms with E-state index in [1.54, 1.807) is 0 Å². The molecule has 7 heteroatoms. The molecule has 0 aromatic carbocycles. The fourth-order valence-electron chi connectivity index (χ4n) is 2.21. The molecule has 1 saturated heterocycles. The summed E-state index contributed by atoms with van der Waals surface area (Å²) < 4.78 is 0. The molecule has 0 bridgehead atoms. The zero-order chi connectivity index (χ0) is 13.7. The number of hydrogen-bond acceptors (Lipinski definition) is 3. The van der Waals surface area contributed by atoms with E-state index in [-0.39, 0.29) is 36.3 Å². The van der Waals surface area contributed by atoms with Gasteiger partial charge in [-0.3, -0.25) is 4.79 Å². The molecule has 0 saturated carbocycles. The van der Waals surface area contributed by atoms with Gasteiger partial charge in [0.15, 0.2) is 0 Å². The number of carbonyl (C=O) groups excluding carboxylic acids is 2. The van der Waals surface area contributed by atoms with Crippen molar-refractivity contribution in [3.8, 4) is 0 Å². The van der Waals surface area contributed by atoms with E-state index in [9.17, 15) is 9.59 Å². The van der Waals surface area contributed by atoms with E-state index < -0.39 is 6.03 Å². The van der Waals surface area contributed by atoms with Gasteiger partial charge in [-0.25, -0.2) is 4.79 Å². The normalized spacial score (nSPS) is 22.1. The van der Waals surface area contributed by atoms with Crippen molar-refractivity contribution in [3.05, 3.63) is 0 Å². The highest BCUT2D eigenvalue weighted by Gasteiger charge is 2.30. The number of nitrogens with zero attached hydrogens (tertiary/aromatic N) is 1. The highest BCUT2D eigenvalue weighted by Crippen LogP contribution is 2.19. The SMILES string of the molecule is CC(N)C(C)C(=O)N1CCCCC1CNC(N)=O.Cl. The Morgan fingerprint density at radius 3 is 2.53 bits per heavy atom. The Bertz CT molecular complexity index is 312. The molecule has 0 aliphatic carbocycles. The second-order valence-electron chi connectivity index (χ2n) is 5.07. The Morgan fingerprint density at radius 2 is 2.00 bits per heavy atom. The zero-order valence-electron chi connectivity index (χ0n) is 11.6. The van der Waals surface area contributed by atoms with Crippen LogP contribution in [0.15, 0.2) is 0 Å². The molecule has 1 fully saturated rings. The summed E-state index contributed by atoms with van der Waals surface area (Å²) in [5, 5.41) is 2.58. The number of carbonyl (C=O) groups is 2. The maximum atomic E-state index is 12.3. The largest absolute Gasteiger partial charge is 0.352 e. The predicted molar refractivity (Wildman–Crippen MR) is 77.0 cm³/mol. The number of amides is 3. The molecule has 3 unspecified atom stereocenters. The molecular formula is C12H25ClN4O2. The average Bonchev–Trinajstić information content (AvgIpc) is 2.34. The van der Waals surface area contributed by atoms with Crippen LogP contribution in [-0.4, -0.2) is 42.0 Å². The molecule has 3 amide bonds. The molecule has 19 heavy (non-hydrogen) atoms. The van der Waals surface area contributed by atoms with Gasteiger partial charge in [0.25, 0.3) is 0 Å². The zero-order valence-corrected chi connectivity index (χ0v) is 12.4. The molecule has 112 valence electrons. The Labute approximate surface area is 120 Å². The third-order valence-electron chi connectivity index (χ3n) is 3.60. The van der Waals surface area contributed by atoms with Gasteiger partial charge < -0.3 is 21.7 Å². The Hall–Kier alpha value is -1.01. The van der Waals surface area contributed by atoms with Crippen LogP contribution in [0.2, 0.25) is 0 Å². The topological polar surface area (TPSA) is 101 Å². The van der Waals surface area contributed by atoms with Crippen molar-refractivity contribution < 1.29 is 9.59 Å². The van der Waals surface area contributed by atoms with Crippen molar-refractivity contribution in [2.45, 2.75) is 45.2 Å². The first-order valence-electron chi connectivity index (χ1n) is 6.53. The third-order valence-corrected chi connectivity index (χ3v) is 3.60. The number of hydrogen-bond donors (Lipinski definition) is 3. The number of nitrogens with two attached hydrogens (primary N) is 2. The first-order valence-corrected chi connectivity index (χ1v) is 6.53. The van der Waals surface area contributed by atoms with Crippen molar-refractivity contribution in [2.24, 2.45) is 17.4 Å². The highest BCUT2D eigenvalue weighted by atomic mass is 35.5. The summed E-state index contributed by atoms with van der Waals surface area (Å²) in [5.74, 6) is -0.125. The monoisotopic (exact) mass is 292 g/mol. The van der Waals surface area contributed by atoms with E-state index in [0.29, 0.717) is 6.54 Å². The van der Waals surface area contributed by atoms with Crippen LogP contribution in [0.3, 0.4) is 0 Å². The van der Waals surface area contributed by atoms with E-state index in [1.165, 1.54) is 0 Å². The lowest BCUT2D eigenvalue weighted by atomic mass is 9.97. The van der Waals surface area contributed by atoms with Crippen LogP contribution in [0.1, 0.15) is 33.1 Å². The standard InChI is InChI=1S/C12H24N4O2.ClH/c1-8(9(2)13)11(17)16-6-4-3-5-10(16)7-15-12(14)18;/h8-10H,3-7,13H2,1-2H3,(H3,14,15,18);1H. The van der Waals surface area contributed by atoms with E-state index >= 15 is 0 Å². The summed E-state index contributed by atoms with van der Waals surface area (Å²) in [6.45, 7) is 4.84. The average molecular weight is 293 g/mol. The molecular weight excluding hydrogens is 268 g/mol. The van der Waals surface area contributed by atoms with Crippen LogP contribution in [0.5, 0.6) is 0 Å². The minimum Gasteiger partial charge on any atom is -0.352 e. The van der Waals surface area contributed by atoms with Crippen molar-refractivity contribution in [1.82, 2.24) is 10.2 Å². The number of urea groups is 1. The van der Waals surface area contributed by atoms with E-state index in [2.05, 4.69) is 5.32 Å². The van der Waals surface area contributed by atoms with Gasteiger partial charge in [-0.2, -0.15) is 0 Å². The molecule has 1 heterocycles. The first-order chi connectivity index (χ1) is 8.43. The van der Waals surface area contributed by atoms with Crippen molar-refractivity contribution >= 4 is 24.3 Å². The van der Waals surface area contributed by atoms with Crippen molar-refractivity contribution in [3.63, 3.8) is 0 Å². The van der Waals surface area contributed by atoms with Crippen LogP contribution >= 0.6 is 12.4 Å². The number of primary amides is 1. The van der Waals surface area contributed by atoms with Gasteiger partial charge in [-0.15, -0.1) is 12.4 Å². The van der Waals surface area contributed by atoms with Gasteiger partial charge in [0.2, 0.25) is 5.91 Å². The number of likely N-dealkylation sites (tertiary alicyclic amines) is 1. The van der Waals surface area contributed by atoms with Gasteiger partial charge in [-0.05, 0) is 26.2 Å². The minimum absolute atomic E-state index is 0. The van der Waals surface area contributed by atoms with Crippen LogP contribution < -0.4 is 16.8 Å². The molecule has 1 aliphatic rings. The van der Waals surface area contributed by atoms with Crippen LogP contribution in [0, 0.1) is 5.92 Å². The maximum absolute atomic E-state index is 12.3. The number of rotatable bonds is 4. The molecule has 6 nitrogen and oxygen atoms in total. The summed E-state index contributed by atoms with van der Waals surface area (Å²) in [5.41, 5.74) is 10.8. The molecule has 3 atom stereocenters. The van der Waals surface area contributed by atoms with Gasteiger partial charge >= 0.3 is 6.03 Å². The first kappa shape index (κ1) is 18.0. The summed E-state index contributed by atoms with van der Waals surface area (Å²) >= 11 is 0. The summed E-state index contributed by atoms with van der Waals surface area (Å²) in [6, 6.07) is -0.669. The van der Waals surface area contributed by atoms with Gasteiger partial charge in [0, 0.05) is 25.2 Å². The third kappa shape index (κ3) is 5.24. The fraction of sp³-hybridized carbons (Fsp3) is 0.833. The summed E-state index contributed by atoms with van der Waals surface area (Å²) in [6.07, 6.45) is 2.98. The summed E-state index contributed by atoms with van der Waals surface area (Å²) in [4.78, 5) is 24.9. The minimum atomic E-state index is -0.548. The highest BCUT2D eigenvalue weighted by molar-refractivity contribution is 5.85. The molecule has 1 rings (SSSR count). The van der Waals surface area contributed by atoms with Crippen molar-refractivity contribution in [1.29, 1.82) is 0 Å². The van der Waals surface area contributed by atoms with E-state index in [0.717, 1.165) is 25.8 Å². The fourth-order valence-corrected chi connectivity index (χ4v) is 2.21. The number of piperidine rings is 1. The lowest BCUT2D eigenvalue weighted by molar-refractivity contribution is -0.139. The molecule has 0 radical (unpaired) electrons. The Kier molecular flexibility index (Phi) is 7.78. The van der Waals surface area contributed by atoms with Crippen LogP contribution in [-0.2, 0) is 4.79 Å². The number of nitrogens with one attached hydrogen (secondary N) is 1. The Balaban J connectivity index is 0.00000324. The smallest absolute Gasteiger partial charge is 0.312 e. The van der Waals surface area contributed by atoms with Gasteiger partial charge in [-0.1, -0.05) is 6.92 Å². The second kappa shape index (κ2) is 8.22. The van der Waals surface area contributed by atoms with Gasteiger partial charge in [0.05, 0.1) is 5.92 Å². The van der Waals surface area contributed by atoms with E-state index in [4.69, 9.17) is 11.5 Å². The molecule has 0 aromatic rings. The molecule has 0 aromatic heterocycles. The number of halogens is 1. The second-order valence-corrected chi connectivity index (χ2v) is 5.07. The van der Waals surface area contributed by atoms with Crippen molar-refractivity contribution in [2.75, 3.05) is 13.1 Å². The lowest BCUT2D eigenvalue weighted by Crippen LogP contribution is -2.53. The molecule has 5 N–H and O–H groups in total. The summed E-state index contributed by atoms with van der Waals surface area (Å²) in [7, 11) is 0.